The van der Waals surface area contributed by atoms with Crippen LogP contribution in [0.4, 0.5) is 27.6 Å². The number of aromatic nitrogens is 1. The van der Waals surface area contributed by atoms with Crippen molar-refractivity contribution in [2.24, 2.45) is 0 Å². The quantitative estimate of drug-likeness (QED) is 0.481. The van der Waals surface area contributed by atoms with Crippen molar-refractivity contribution in [3.63, 3.8) is 0 Å². The molecule has 1 rings (SSSR count). The average Bonchev–Trinajstić information content (AvgIpc) is 2.13. The third-order valence-electron chi connectivity index (χ3n) is 1.94. The molecule has 0 unspecified atom stereocenters. The highest BCUT2D eigenvalue weighted by molar-refractivity contribution is 5.51. The van der Waals surface area contributed by atoms with Gasteiger partial charge in [0.05, 0.1) is 4.92 Å². The van der Waals surface area contributed by atoms with E-state index >= 15 is 0 Å². The zero-order valence-corrected chi connectivity index (χ0v) is 8.66. The molecular formula is C8H5F5N2O3. The fraction of sp³-hybridized carbons (Fsp3) is 0.375. The molecule has 0 aliphatic heterocycles. The Bertz CT molecular complexity index is 475. The summed E-state index contributed by atoms with van der Waals surface area (Å²) in [5.41, 5.74) is -2.68. The van der Waals surface area contributed by atoms with Crippen LogP contribution >= 0.6 is 0 Å². The second-order valence-electron chi connectivity index (χ2n) is 3.10. The Morgan fingerprint density at radius 1 is 1.44 bits per heavy atom. The van der Waals surface area contributed by atoms with Crippen molar-refractivity contribution in [3.05, 3.63) is 27.4 Å². The van der Waals surface area contributed by atoms with Crippen molar-refractivity contribution < 1.29 is 31.6 Å². The maximum Gasteiger partial charge on any atom is 0.574 e. The van der Waals surface area contributed by atoms with Gasteiger partial charge in [-0.1, -0.05) is 0 Å². The monoisotopic (exact) mass is 272 g/mol. The maximum atomic E-state index is 12.4. The first-order valence-corrected chi connectivity index (χ1v) is 4.31. The molecule has 0 N–H and O–H groups in total. The van der Waals surface area contributed by atoms with Gasteiger partial charge in [0.15, 0.2) is 0 Å². The summed E-state index contributed by atoms with van der Waals surface area (Å²) >= 11 is 0. The van der Waals surface area contributed by atoms with Crippen molar-refractivity contribution in [1.82, 2.24) is 4.98 Å². The lowest BCUT2D eigenvalue weighted by Gasteiger charge is -2.11. The van der Waals surface area contributed by atoms with Gasteiger partial charge in [-0.05, 0) is 6.92 Å². The van der Waals surface area contributed by atoms with E-state index in [9.17, 15) is 32.1 Å². The molecule has 0 spiro atoms. The molecule has 0 atom stereocenters. The number of hydrogen-bond donors (Lipinski definition) is 0. The molecule has 0 saturated carbocycles. The van der Waals surface area contributed by atoms with Gasteiger partial charge in [-0.25, -0.2) is 13.8 Å². The predicted octanol–water partition coefficient (Wildman–Crippen LogP) is 3.13. The minimum absolute atomic E-state index is 0.411. The first-order chi connectivity index (χ1) is 8.13. The summed E-state index contributed by atoms with van der Waals surface area (Å²) in [5, 5.41) is 10.6. The largest absolute Gasteiger partial charge is 0.574 e. The lowest BCUT2D eigenvalue weighted by Crippen LogP contribution is -2.19. The predicted molar refractivity (Wildman–Crippen MR) is 47.3 cm³/mol. The first-order valence-electron chi connectivity index (χ1n) is 4.31. The van der Waals surface area contributed by atoms with Crippen molar-refractivity contribution in [1.29, 1.82) is 0 Å². The van der Waals surface area contributed by atoms with Crippen LogP contribution in [0.15, 0.2) is 6.20 Å². The van der Waals surface area contributed by atoms with Crippen LogP contribution in [0, 0.1) is 17.0 Å². The number of ether oxygens (including phenoxy) is 1. The average molecular weight is 272 g/mol. The molecule has 1 aromatic heterocycles. The number of halogens is 5. The highest BCUT2D eigenvalue weighted by Gasteiger charge is 2.37. The molecule has 100 valence electrons. The van der Waals surface area contributed by atoms with Gasteiger partial charge in [0, 0.05) is 17.3 Å². The zero-order chi connectivity index (χ0) is 14.1. The molecule has 0 fully saturated rings. The molecule has 5 nitrogen and oxygen atoms in total. The maximum absolute atomic E-state index is 12.4. The van der Waals surface area contributed by atoms with Crippen molar-refractivity contribution in [2.45, 2.75) is 19.7 Å². The van der Waals surface area contributed by atoms with Gasteiger partial charge in [-0.3, -0.25) is 10.1 Å². The van der Waals surface area contributed by atoms with Gasteiger partial charge in [0.25, 0.3) is 6.43 Å². The first kappa shape index (κ1) is 14.1. The Labute approximate surface area is 96.3 Å². The van der Waals surface area contributed by atoms with Crippen molar-refractivity contribution in [3.8, 4) is 5.88 Å². The Morgan fingerprint density at radius 2 is 2.00 bits per heavy atom. The lowest BCUT2D eigenvalue weighted by molar-refractivity contribution is -0.389. The van der Waals surface area contributed by atoms with E-state index in [2.05, 4.69) is 9.72 Å². The van der Waals surface area contributed by atoms with Crippen LogP contribution < -0.4 is 4.74 Å². The Kier molecular flexibility index (Phi) is 3.67. The third-order valence-corrected chi connectivity index (χ3v) is 1.94. The van der Waals surface area contributed by atoms with E-state index in [1.807, 2.05) is 0 Å². The number of nitro groups is 1. The topological polar surface area (TPSA) is 65.3 Å². The zero-order valence-electron chi connectivity index (χ0n) is 8.66. The summed E-state index contributed by atoms with van der Waals surface area (Å²) < 4.78 is 64.0. The van der Waals surface area contributed by atoms with Crippen LogP contribution in [-0.4, -0.2) is 16.3 Å². The summed E-state index contributed by atoms with van der Waals surface area (Å²) in [6.45, 7) is 0.893. The van der Waals surface area contributed by atoms with E-state index in [4.69, 9.17) is 0 Å². The van der Waals surface area contributed by atoms with Crippen LogP contribution in [0.3, 0.4) is 0 Å². The van der Waals surface area contributed by atoms with Crippen LogP contribution in [-0.2, 0) is 0 Å². The molecule has 10 heteroatoms. The normalized spacial score (nSPS) is 11.7. The van der Waals surface area contributed by atoms with E-state index in [0.717, 1.165) is 6.92 Å². The number of nitrogens with zero attached hydrogens (tertiary/aromatic N) is 2. The Morgan fingerprint density at radius 3 is 2.39 bits per heavy atom. The molecule has 1 aromatic rings. The van der Waals surface area contributed by atoms with Crippen LogP contribution in [0.25, 0.3) is 0 Å². The van der Waals surface area contributed by atoms with Gasteiger partial charge < -0.3 is 4.74 Å². The molecule has 0 bridgehead atoms. The molecule has 1 heterocycles. The number of pyridine rings is 1. The molecular weight excluding hydrogens is 267 g/mol. The smallest absolute Gasteiger partial charge is 0.381 e. The van der Waals surface area contributed by atoms with Gasteiger partial charge >= 0.3 is 17.9 Å². The molecule has 0 amide bonds. The minimum Gasteiger partial charge on any atom is -0.381 e. The van der Waals surface area contributed by atoms with E-state index in [-0.39, 0.29) is 0 Å². The Balaban J connectivity index is 3.37. The van der Waals surface area contributed by atoms with E-state index in [0.29, 0.717) is 6.20 Å². The van der Waals surface area contributed by atoms with Crippen LogP contribution in [0.1, 0.15) is 17.6 Å². The SMILES string of the molecule is Cc1c(C(F)F)cnc(OC(F)(F)F)c1[N+](=O)[O-]. The van der Waals surface area contributed by atoms with Gasteiger partial charge in [0.1, 0.15) is 0 Å². The van der Waals surface area contributed by atoms with E-state index in [1.165, 1.54) is 0 Å². The fourth-order valence-corrected chi connectivity index (χ4v) is 1.20. The summed E-state index contributed by atoms with van der Waals surface area (Å²) in [4.78, 5) is 12.2. The third kappa shape index (κ3) is 3.02. The lowest BCUT2D eigenvalue weighted by atomic mass is 10.1. The standard InChI is InChI=1S/C8H5F5N2O3/c1-3-4(6(9)10)2-14-7(5(3)15(16)17)18-8(11,12)13/h2,6H,1H3. The molecule has 18 heavy (non-hydrogen) atoms. The molecule has 0 aliphatic rings. The summed E-state index contributed by atoms with van der Waals surface area (Å²) in [7, 11) is 0. The number of alkyl halides is 5. The molecule has 0 aliphatic carbocycles. The van der Waals surface area contributed by atoms with Crippen LogP contribution in [0.5, 0.6) is 5.88 Å². The molecule has 0 aromatic carbocycles. The van der Waals surface area contributed by atoms with Crippen molar-refractivity contribution in [2.75, 3.05) is 0 Å². The van der Waals surface area contributed by atoms with Gasteiger partial charge in [-0.15, -0.1) is 13.2 Å². The second-order valence-corrected chi connectivity index (χ2v) is 3.10. The second kappa shape index (κ2) is 4.70. The summed E-state index contributed by atoms with van der Waals surface area (Å²) in [5.74, 6) is -1.37. The minimum atomic E-state index is -5.20. The molecule has 0 radical (unpaired) electrons. The van der Waals surface area contributed by atoms with E-state index in [1.54, 1.807) is 0 Å². The molecule has 0 saturated heterocycles. The van der Waals surface area contributed by atoms with E-state index < -0.39 is 40.4 Å². The van der Waals surface area contributed by atoms with Gasteiger partial charge in [-0.2, -0.15) is 0 Å². The Hall–Kier alpha value is -2.00. The number of hydrogen-bond acceptors (Lipinski definition) is 4. The summed E-state index contributed by atoms with van der Waals surface area (Å²) in [6.07, 6.45) is -7.87. The highest BCUT2D eigenvalue weighted by atomic mass is 19.4. The van der Waals surface area contributed by atoms with Crippen LogP contribution in [0.2, 0.25) is 0 Å². The van der Waals surface area contributed by atoms with Crippen molar-refractivity contribution >= 4 is 5.69 Å². The fourth-order valence-electron chi connectivity index (χ4n) is 1.20. The number of rotatable bonds is 3. The highest BCUT2D eigenvalue weighted by Crippen LogP contribution is 2.36. The summed E-state index contributed by atoms with van der Waals surface area (Å²) in [6, 6.07) is 0. The van der Waals surface area contributed by atoms with Gasteiger partial charge in [0.2, 0.25) is 0 Å².